The molecule has 0 fully saturated rings. The maximum atomic E-state index is 8.25. The van der Waals surface area contributed by atoms with E-state index < -0.39 is 10.2 Å². The Morgan fingerprint density at radius 3 is 1.34 bits per heavy atom. The fraction of sp³-hybridized carbons (Fsp3) is 0. The van der Waals surface area contributed by atoms with Gasteiger partial charge < -0.3 is 57.6 Å². The fourth-order valence-corrected chi connectivity index (χ4v) is 1.65. The van der Waals surface area contributed by atoms with Crippen molar-refractivity contribution in [2.75, 3.05) is 11.5 Å². The first-order valence-corrected chi connectivity index (χ1v) is 6.75. The third-order valence-electron chi connectivity index (χ3n) is 2.60. The van der Waals surface area contributed by atoms with Crippen LogP contribution in [0, 0.1) is 30.6 Å². The van der Waals surface area contributed by atoms with Crippen LogP contribution in [0.25, 0.3) is 22.3 Å². The van der Waals surface area contributed by atoms with Crippen LogP contribution < -0.4 is 21.4 Å². The summed E-state index contributed by atoms with van der Waals surface area (Å²) in [7, 11) is 0. The lowest BCUT2D eigenvalue weighted by molar-refractivity contribution is -0.403. The van der Waals surface area contributed by atoms with Crippen LogP contribution in [0.3, 0.4) is 0 Å². The number of H-pyrrole nitrogens is 4. The first kappa shape index (κ1) is 24.1. The summed E-state index contributed by atoms with van der Waals surface area (Å²) in [4.78, 5) is 43.5. The highest BCUT2D eigenvalue weighted by Gasteiger charge is 2.07. The zero-order valence-electron chi connectivity index (χ0n) is 14.1. The quantitative estimate of drug-likeness (QED) is 0.170. The number of aromatic amines is 4. The number of nitrogens with one attached hydrogen (secondary N) is 4. The van der Waals surface area contributed by atoms with Crippen molar-refractivity contribution in [2.45, 2.75) is 0 Å². The third kappa shape index (κ3) is 8.32. The largest absolute Gasteiger partial charge is 0.412 e. The standard InChI is InChI=1S/2C5H5N5.2NO3.H2O/c2*6-4-3-5(9-1-7-3)10-2-8-4;2*2-1(3)4;/h2*1-2H,(H3,6,7,8,9,10);;;1H2/q;;2*-1;/p+2. The molecule has 0 unspecified atom stereocenters. The van der Waals surface area contributed by atoms with Crippen molar-refractivity contribution < 1.29 is 25.6 Å². The van der Waals surface area contributed by atoms with Crippen LogP contribution in [0.15, 0.2) is 25.3 Å². The minimum absolute atomic E-state index is 0. The summed E-state index contributed by atoms with van der Waals surface area (Å²) in [6, 6.07) is 0. The van der Waals surface area contributed by atoms with Gasteiger partial charge in [-0.2, -0.15) is 0 Å². The summed E-state index contributed by atoms with van der Waals surface area (Å²) in [6.07, 6.45) is 6.16. The van der Waals surface area contributed by atoms with Gasteiger partial charge in [-0.3, -0.25) is 0 Å². The molecule has 0 aliphatic heterocycles. The number of nitrogen functional groups attached to an aromatic ring is 2. The Bertz CT molecular complexity index is 958. The van der Waals surface area contributed by atoms with E-state index in [1.807, 2.05) is 0 Å². The number of hydrogen-bond acceptors (Lipinski definition) is 12. The second-order valence-corrected chi connectivity index (χ2v) is 4.28. The molecule has 4 aromatic rings. The van der Waals surface area contributed by atoms with Gasteiger partial charge >= 0.3 is 0 Å². The van der Waals surface area contributed by atoms with Gasteiger partial charge in [-0.1, -0.05) is 19.9 Å². The molecule has 0 bridgehead atoms. The topological polar surface area (TPSA) is 327 Å². The number of rotatable bonds is 0. The summed E-state index contributed by atoms with van der Waals surface area (Å²) in [5.74, 6) is 0.928. The van der Waals surface area contributed by atoms with Crippen molar-refractivity contribution in [1.82, 2.24) is 29.9 Å². The highest BCUT2D eigenvalue weighted by atomic mass is 16.9. The molecule has 29 heavy (non-hydrogen) atoms. The Morgan fingerprint density at radius 1 is 0.759 bits per heavy atom. The number of nitrogens with two attached hydrogens (primary N) is 2. The van der Waals surface area contributed by atoms with Gasteiger partial charge in [0, 0.05) is 0 Å². The minimum Gasteiger partial charge on any atom is -0.412 e. The average molecular weight is 414 g/mol. The molecule has 0 radical (unpaired) electrons. The molecular formula is C10H14N12O7. The van der Waals surface area contributed by atoms with Gasteiger partial charge in [0.2, 0.25) is 24.3 Å². The third-order valence-corrected chi connectivity index (χ3v) is 2.60. The fourth-order valence-electron chi connectivity index (χ4n) is 1.65. The molecule has 0 saturated carbocycles. The Hall–Kier alpha value is -4.94. The molecule has 4 aromatic heterocycles. The van der Waals surface area contributed by atoms with E-state index in [0.717, 1.165) is 22.3 Å². The van der Waals surface area contributed by atoms with Crippen LogP contribution in [0.2, 0.25) is 0 Å². The number of aromatic nitrogens is 8. The number of hydrogen-bond donors (Lipinski definition) is 4. The molecule has 156 valence electrons. The summed E-state index contributed by atoms with van der Waals surface area (Å²) in [5, 5.41) is 29.5. The van der Waals surface area contributed by atoms with E-state index in [2.05, 4.69) is 39.9 Å². The van der Waals surface area contributed by atoms with Gasteiger partial charge in [-0.05, 0) is 0 Å². The van der Waals surface area contributed by atoms with Crippen molar-refractivity contribution in [2.24, 2.45) is 0 Å². The molecule has 10 N–H and O–H groups in total. The monoisotopic (exact) mass is 414 g/mol. The lowest BCUT2D eigenvalue weighted by Gasteiger charge is -1.82. The van der Waals surface area contributed by atoms with E-state index in [0.29, 0.717) is 11.6 Å². The molecule has 0 aliphatic carbocycles. The Morgan fingerprint density at radius 2 is 1.07 bits per heavy atom. The zero-order chi connectivity index (χ0) is 21.1. The van der Waals surface area contributed by atoms with Crippen molar-refractivity contribution in [3.8, 4) is 0 Å². The Labute approximate surface area is 158 Å². The molecule has 0 saturated heterocycles. The highest BCUT2D eigenvalue weighted by Crippen LogP contribution is 2.07. The first-order chi connectivity index (χ1) is 13.2. The van der Waals surface area contributed by atoms with Crippen LogP contribution in [0.4, 0.5) is 11.6 Å². The molecule has 0 aliphatic rings. The Balaban J connectivity index is 0.000000391. The van der Waals surface area contributed by atoms with E-state index in [4.69, 9.17) is 42.1 Å². The van der Waals surface area contributed by atoms with Crippen LogP contribution in [-0.2, 0) is 0 Å². The van der Waals surface area contributed by atoms with Crippen LogP contribution in [0.1, 0.15) is 0 Å². The van der Waals surface area contributed by atoms with Gasteiger partial charge in [0.25, 0.3) is 11.3 Å². The van der Waals surface area contributed by atoms with Crippen molar-refractivity contribution >= 4 is 34.0 Å². The average Bonchev–Trinajstić information content (AvgIpc) is 3.24. The number of imidazole rings is 2. The zero-order valence-corrected chi connectivity index (χ0v) is 14.1. The lowest BCUT2D eigenvalue weighted by atomic mass is 10.5. The maximum Gasteiger partial charge on any atom is 0.290 e. The van der Waals surface area contributed by atoms with Crippen molar-refractivity contribution in [1.29, 1.82) is 0 Å². The molecule has 4 rings (SSSR count). The van der Waals surface area contributed by atoms with Crippen LogP contribution in [-0.4, -0.2) is 45.6 Å². The Kier molecular flexibility index (Phi) is 9.65. The summed E-state index contributed by atoms with van der Waals surface area (Å²) in [5.41, 5.74) is 14.0. The predicted molar refractivity (Wildman–Crippen MR) is 94.1 cm³/mol. The lowest BCUT2D eigenvalue weighted by Crippen LogP contribution is -2.06. The summed E-state index contributed by atoms with van der Waals surface area (Å²) in [6.45, 7) is 0. The van der Waals surface area contributed by atoms with Gasteiger partial charge in [-0.15, -0.1) is 0 Å². The predicted octanol–water partition coefficient (Wildman–Crippen LogP) is -2.59. The molecule has 0 aromatic carbocycles. The van der Waals surface area contributed by atoms with Crippen LogP contribution >= 0.6 is 0 Å². The summed E-state index contributed by atoms with van der Waals surface area (Å²) >= 11 is 0. The van der Waals surface area contributed by atoms with E-state index in [1.165, 1.54) is 12.7 Å². The molecule has 19 heteroatoms. The van der Waals surface area contributed by atoms with E-state index in [1.54, 1.807) is 12.7 Å². The van der Waals surface area contributed by atoms with Gasteiger partial charge in [0.15, 0.2) is 23.7 Å². The second kappa shape index (κ2) is 11.6. The van der Waals surface area contributed by atoms with Crippen molar-refractivity contribution in [3.05, 3.63) is 56.0 Å². The molecule has 0 atom stereocenters. The van der Waals surface area contributed by atoms with Gasteiger partial charge in [-0.25, -0.2) is 9.97 Å². The van der Waals surface area contributed by atoms with Gasteiger partial charge in [0.1, 0.15) is 0 Å². The highest BCUT2D eigenvalue weighted by molar-refractivity contribution is 5.78. The molecule has 0 spiro atoms. The van der Waals surface area contributed by atoms with Crippen molar-refractivity contribution in [3.63, 3.8) is 0 Å². The maximum absolute atomic E-state index is 8.25. The van der Waals surface area contributed by atoms with Crippen LogP contribution in [0.5, 0.6) is 0 Å². The first-order valence-electron chi connectivity index (χ1n) is 6.75. The van der Waals surface area contributed by atoms with Gasteiger partial charge in [0.05, 0.1) is 10.2 Å². The smallest absolute Gasteiger partial charge is 0.290 e. The van der Waals surface area contributed by atoms with E-state index in [-0.39, 0.29) is 5.48 Å². The minimum atomic E-state index is -1.75. The molecule has 4 heterocycles. The SMILES string of the molecule is Nc1nc[nH+]c2nc[nH]c12.Nc1nc[nH+]c2nc[nH]c12.O.O=[N+]([O-])[O-].O=[N+]([O-])[O-]. The molecular weight excluding hydrogens is 400 g/mol. The second-order valence-electron chi connectivity index (χ2n) is 4.28. The number of anilines is 2. The number of fused-ring (bicyclic) bond motifs is 2. The molecule has 0 amide bonds. The number of nitrogens with zero attached hydrogens (tertiary/aromatic N) is 6. The summed E-state index contributed by atoms with van der Waals surface area (Å²) < 4.78 is 0. The molecule has 19 nitrogen and oxygen atoms in total. The normalized spacial score (nSPS) is 8.83. The van der Waals surface area contributed by atoms with E-state index in [9.17, 15) is 0 Å². The van der Waals surface area contributed by atoms with E-state index >= 15 is 0 Å².